The van der Waals surface area contributed by atoms with Crippen LogP contribution in [0.25, 0.3) is 11.1 Å². The number of anilines is 3. The van der Waals surface area contributed by atoms with Crippen LogP contribution in [0.3, 0.4) is 0 Å². The van der Waals surface area contributed by atoms with Crippen LogP contribution in [0.2, 0.25) is 0 Å². The van der Waals surface area contributed by atoms with E-state index in [0.717, 1.165) is 50.6 Å². The number of aromatic nitrogens is 1. The van der Waals surface area contributed by atoms with Crippen molar-refractivity contribution in [3.05, 3.63) is 165 Å². The van der Waals surface area contributed by atoms with Crippen LogP contribution in [-0.2, 0) is 27.5 Å². The minimum atomic E-state index is -1.54. The highest BCUT2D eigenvalue weighted by Crippen LogP contribution is 2.53. The Bertz CT molecular complexity index is 2810. The van der Waals surface area contributed by atoms with Crippen molar-refractivity contribution in [1.29, 1.82) is 0 Å². The first-order valence-corrected chi connectivity index (χ1v) is 22.0. The van der Waals surface area contributed by atoms with Gasteiger partial charge in [0, 0.05) is 31.5 Å². The summed E-state index contributed by atoms with van der Waals surface area (Å²) in [7, 11) is 0. The first-order chi connectivity index (χ1) is 29.7. The summed E-state index contributed by atoms with van der Waals surface area (Å²) in [6.07, 6.45) is 0.613. The van der Waals surface area contributed by atoms with Crippen molar-refractivity contribution in [3.63, 3.8) is 0 Å². The minimum absolute atomic E-state index is 0.0538. The van der Waals surface area contributed by atoms with Crippen LogP contribution < -0.4 is 9.64 Å². The number of rotatable bonds is 7. The van der Waals surface area contributed by atoms with Gasteiger partial charge >= 0.3 is 0 Å². The number of fused-ring (bicyclic) bond motifs is 5. The Morgan fingerprint density at radius 1 is 0.754 bits per heavy atom. The second-order valence-corrected chi connectivity index (χ2v) is 19.8. The number of pyridine rings is 1. The van der Waals surface area contributed by atoms with E-state index in [0.29, 0.717) is 17.4 Å². The molecule has 0 spiro atoms. The quantitative estimate of drug-likeness (QED) is 0.161. The van der Waals surface area contributed by atoms with Crippen LogP contribution >= 0.6 is 0 Å². The van der Waals surface area contributed by atoms with E-state index in [1.807, 2.05) is 19.2 Å². The fourth-order valence-electron chi connectivity index (χ4n) is 9.92. The van der Waals surface area contributed by atoms with Crippen LogP contribution in [-0.4, -0.2) is 16.9 Å². The van der Waals surface area contributed by atoms with Crippen molar-refractivity contribution in [3.8, 4) is 22.6 Å². The maximum atomic E-state index is 9.21. The van der Waals surface area contributed by atoms with E-state index in [9.17, 15) is 2.74 Å². The highest BCUT2D eigenvalue weighted by Gasteiger charge is 2.48. The highest BCUT2D eigenvalue weighted by molar-refractivity contribution is 5.98. The lowest BCUT2D eigenvalue weighted by Gasteiger charge is -2.41. The Hall–Kier alpha value is -5.68. The summed E-state index contributed by atoms with van der Waals surface area (Å²) in [5, 5.41) is 0. The topological polar surface area (TPSA) is 47.0 Å². The fraction of sp³-hybridized carbons (Fsp3) is 0.357. The summed E-state index contributed by atoms with van der Waals surface area (Å²) in [6.45, 7) is 26.5. The molecule has 5 aromatic carbocycles. The summed E-state index contributed by atoms with van der Waals surface area (Å²) < 4.78 is 32.6. The zero-order chi connectivity index (χ0) is 45.0. The molecule has 0 saturated heterocycles. The third-order valence-electron chi connectivity index (χ3n) is 13.3. The van der Waals surface area contributed by atoms with Crippen molar-refractivity contribution in [2.45, 2.75) is 130 Å². The Morgan fingerprint density at radius 2 is 1.46 bits per heavy atom. The molecular weight excluding hydrogens is 747 g/mol. The zero-order valence-corrected chi connectivity index (χ0v) is 38.0. The van der Waals surface area contributed by atoms with Gasteiger partial charge in [-0.2, -0.15) is 0 Å². The first-order valence-electron chi connectivity index (χ1n) is 23.0. The Balaban J connectivity index is 1.20. The average molecular weight is 810 g/mol. The number of nitrogens with zero attached hydrogens (tertiary/aromatic N) is 3. The molecule has 0 bridgehead atoms. The van der Waals surface area contributed by atoms with E-state index in [2.05, 4.69) is 178 Å². The maximum Gasteiger partial charge on any atom is 0.217 e. The smallest absolute Gasteiger partial charge is 0.217 e. The molecule has 0 unspecified atom stereocenters. The molecule has 0 saturated carbocycles. The number of ether oxygens (including phenoxy) is 2. The molecule has 5 heteroatoms. The van der Waals surface area contributed by atoms with Gasteiger partial charge in [-0.15, -0.1) is 0 Å². The molecule has 0 fully saturated rings. The molecule has 5 nitrogen and oxygen atoms in total. The van der Waals surface area contributed by atoms with E-state index in [4.69, 9.17) is 19.5 Å². The molecule has 3 aliphatic rings. The van der Waals surface area contributed by atoms with Gasteiger partial charge in [-0.25, -0.2) is 9.98 Å². The molecular formula is C56H61N3O2. The molecule has 2 atom stereocenters. The Morgan fingerprint density at radius 3 is 2.18 bits per heavy atom. The van der Waals surface area contributed by atoms with E-state index < -0.39 is 18.0 Å². The van der Waals surface area contributed by atoms with Crippen LogP contribution in [0.4, 0.5) is 17.2 Å². The summed E-state index contributed by atoms with van der Waals surface area (Å²) in [4.78, 5) is 12.5. The number of hydrogen-bond acceptors (Lipinski definition) is 5. The third-order valence-corrected chi connectivity index (χ3v) is 13.3. The van der Waals surface area contributed by atoms with Gasteiger partial charge in [0.1, 0.15) is 17.3 Å². The fourth-order valence-corrected chi connectivity index (χ4v) is 9.92. The molecule has 6 aromatic rings. The molecule has 312 valence electrons. The molecule has 0 amide bonds. The standard InChI is InChI=1S/C56H61N3O2/c1-33(2)42-16-15-17-43(34(3)4)52(42)37-28-38(53-58-50-23-21-44-36(6)26-35(5)27-47(44)56(50,12)61-53)30-41(29-37)60-40-20-22-46-49(32-40)59(48-19-14-13-18-45(48)55(46,10)11)51-31-39(24-25-57-51)54(7,8)9/h13-20,22,24-34,50H,21,23H2,1-12H3/t50-,56+/m1/s1/i21D2. The Labute approximate surface area is 366 Å². The summed E-state index contributed by atoms with van der Waals surface area (Å²) in [5.74, 6) is 3.30. The predicted molar refractivity (Wildman–Crippen MR) is 253 cm³/mol. The zero-order valence-electron chi connectivity index (χ0n) is 40.0. The lowest BCUT2D eigenvalue weighted by Crippen LogP contribution is -2.39. The van der Waals surface area contributed by atoms with Gasteiger partial charge in [0.05, 0.1) is 17.4 Å². The molecule has 1 aliphatic carbocycles. The van der Waals surface area contributed by atoms with Crippen molar-refractivity contribution in [1.82, 2.24) is 4.98 Å². The monoisotopic (exact) mass is 809 g/mol. The number of aryl methyl sites for hydroxylation is 2. The molecule has 1 aromatic heterocycles. The molecule has 3 heterocycles. The molecule has 0 N–H and O–H groups in total. The van der Waals surface area contributed by atoms with E-state index in [1.165, 1.54) is 33.4 Å². The van der Waals surface area contributed by atoms with Crippen LogP contribution in [0.5, 0.6) is 11.5 Å². The lowest BCUT2D eigenvalue weighted by molar-refractivity contribution is 0.0634. The van der Waals surface area contributed by atoms with Crippen molar-refractivity contribution in [2.75, 3.05) is 4.90 Å². The summed E-state index contributed by atoms with van der Waals surface area (Å²) >= 11 is 0. The number of para-hydroxylation sites is 1. The molecule has 2 aliphatic heterocycles. The summed E-state index contributed by atoms with van der Waals surface area (Å²) in [6, 6.07) is 36.2. The third kappa shape index (κ3) is 6.95. The molecule has 0 radical (unpaired) electrons. The van der Waals surface area contributed by atoms with Gasteiger partial charge in [-0.1, -0.05) is 122 Å². The van der Waals surface area contributed by atoms with Gasteiger partial charge in [-0.05, 0) is 143 Å². The first kappa shape index (κ1) is 38.3. The van der Waals surface area contributed by atoms with Crippen molar-refractivity contribution in [2.24, 2.45) is 4.99 Å². The second kappa shape index (κ2) is 14.8. The molecule has 9 rings (SSSR count). The largest absolute Gasteiger partial charge is 0.464 e. The predicted octanol–water partition coefficient (Wildman–Crippen LogP) is 14.8. The minimum Gasteiger partial charge on any atom is -0.464 e. The maximum absolute atomic E-state index is 9.21. The van der Waals surface area contributed by atoms with E-state index >= 15 is 0 Å². The number of benzene rings is 5. The van der Waals surface area contributed by atoms with Gasteiger partial charge in [0.2, 0.25) is 5.90 Å². The van der Waals surface area contributed by atoms with Crippen LogP contribution in [0.15, 0.2) is 114 Å². The van der Waals surface area contributed by atoms with Crippen molar-refractivity contribution >= 4 is 23.1 Å². The van der Waals surface area contributed by atoms with E-state index in [-0.39, 0.29) is 29.1 Å². The van der Waals surface area contributed by atoms with Crippen LogP contribution in [0, 0.1) is 13.8 Å². The van der Waals surface area contributed by atoms with Gasteiger partial charge in [0.25, 0.3) is 0 Å². The Kier molecular flexibility index (Phi) is 9.25. The van der Waals surface area contributed by atoms with Gasteiger partial charge in [-0.3, -0.25) is 4.90 Å². The van der Waals surface area contributed by atoms with Gasteiger partial charge < -0.3 is 9.47 Å². The number of aliphatic imine (C=N–C) groups is 1. The van der Waals surface area contributed by atoms with Crippen LogP contribution in [0.1, 0.15) is 146 Å². The lowest BCUT2D eigenvalue weighted by atomic mass is 9.73. The normalized spacial score (nSPS) is 20.2. The molecule has 61 heavy (non-hydrogen) atoms. The van der Waals surface area contributed by atoms with Crippen molar-refractivity contribution < 1.29 is 12.2 Å². The SMILES string of the molecule is [2H]C1([2H])C[C@H]2N=C(c3cc(Oc4ccc5c(c4)N(c4cc(C(C)(C)C)ccn4)c4ccccc4C5(C)C)cc(-c4c(C(C)C)cccc4C(C)C)c3)O[C@@]2(C)c2cc(C)cc(C)c21. The van der Waals surface area contributed by atoms with Gasteiger partial charge in [0.15, 0.2) is 5.60 Å². The highest BCUT2D eigenvalue weighted by atomic mass is 16.5. The average Bonchev–Trinajstić information content (AvgIpc) is 3.56. The second-order valence-electron chi connectivity index (χ2n) is 19.8. The summed E-state index contributed by atoms with van der Waals surface area (Å²) in [5.41, 5.74) is 13.8. The van der Waals surface area contributed by atoms with E-state index in [1.54, 1.807) is 0 Å². The number of hydrogen-bond donors (Lipinski definition) is 0.